The molecule has 2 aromatic carbocycles. The van der Waals surface area contributed by atoms with Crippen LogP contribution >= 0.6 is 11.6 Å². The highest BCUT2D eigenvalue weighted by atomic mass is 35.5. The summed E-state index contributed by atoms with van der Waals surface area (Å²) in [6.07, 6.45) is 0. The van der Waals surface area contributed by atoms with E-state index >= 15 is 0 Å². The van der Waals surface area contributed by atoms with E-state index in [0.29, 0.717) is 16.3 Å². The van der Waals surface area contributed by atoms with Crippen molar-refractivity contribution in [1.82, 2.24) is 4.72 Å². The van der Waals surface area contributed by atoms with Crippen molar-refractivity contribution in [3.05, 3.63) is 53.1 Å². The molecule has 23 heavy (non-hydrogen) atoms. The molecule has 6 nitrogen and oxygen atoms in total. The Balaban J connectivity index is 2.35. The lowest BCUT2D eigenvalue weighted by atomic mass is 10.2. The third-order valence-corrected chi connectivity index (χ3v) is 6.45. The molecule has 0 bridgehead atoms. The van der Waals surface area contributed by atoms with Gasteiger partial charge in [0.2, 0.25) is 10.0 Å². The van der Waals surface area contributed by atoms with Gasteiger partial charge >= 0.3 is 0 Å². The molecular formula is C14H15ClN2O4S2. The fourth-order valence-electron chi connectivity index (χ4n) is 1.84. The molecule has 0 unspecified atom stereocenters. The lowest BCUT2D eigenvalue weighted by molar-refractivity contribution is 0.587. The van der Waals surface area contributed by atoms with Crippen molar-refractivity contribution in [2.75, 3.05) is 11.8 Å². The Morgan fingerprint density at radius 1 is 0.870 bits per heavy atom. The first-order valence-corrected chi connectivity index (χ1v) is 9.83. The van der Waals surface area contributed by atoms with Crippen molar-refractivity contribution in [2.45, 2.75) is 16.7 Å². The first kappa shape index (κ1) is 17.7. The van der Waals surface area contributed by atoms with Crippen LogP contribution in [0.15, 0.2) is 52.3 Å². The van der Waals surface area contributed by atoms with E-state index in [1.54, 1.807) is 25.1 Å². The van der Waals surface area contributed by atoms with Gasteiger partial charge in [0.1, 0.15) is 0 Å². The molecule has 124 valence electrons. The van der Waals surface area contributed by atoms with Crippen molar-refractivity contribution in [3.63, 3.8) is 0 Å². The standard InChI is InChI=1S/C14H15ClN2O4S2/c1-10-13(15)4-3-5-14(10)17-23(20,21)12-8-6-11(7-9-12)22(18,19)16-2/h3-9,16-17H,1-2H3. The summed E-state index contributed by atoms with van der Waals surface area (Å²) in [6, 6.07) is 9.80. The number of benzene rings is 2. The van der Waals surface area contributed by atoms with Crippen LogP contribution in [0.3, 0.4) is 0 Å². The van der Waals surface area contributed by atoms with Gasteiger partial charge < -0.3 is 0 Å². The van der Waals surface area contributed by atoms with E-state index in [1.807, 2.05) is 0 Å². The summed E-state index contributed by atoms with van der Waals surface area (Å²) in [5.74, 6) is 0. The maximum atomic E-state index is 12.4. The number of hydrogen-bond donors (Lipinski definition) is 2. The quantitative estimate of drug-likeness (QED) is 0.840. The molecule has 0 spiro atoms. The van der Waals surface area contributed by atoms with Crippen LogP contribution in [0.5, 0.6) is 0 Å². The number of halogens is 1. The van der Waals surface area contributed by atoms with E-state index in [-0.39, 0.29) is 9.79 Å². The predicted molar refractivity (Wildman–Crippen MR) is 89.7 cm³/mol. The number of anilines is 1. The maximum Gasteiger partial charge on any atom is 0.261 e. The third kappa shape index (κ3) is 3.84. The molecule has 2 rings (SSSR count). The largest absolute Gasteiger partial charge is 0.279 e. The third-order valence-electron chi connectivity index (χ3n) is 3.23. The Labute approximate surface area is 140 Å². The molecule has 0 fully saturated rings. The Kier molecular flexibility index (Phi) is 5.00. The summed E-state index contributed by atoms with van der Waals surface area (Å²) < 4.78 is 52.6. The van der Waals surface area contributed by atoms with Crippen LogP contribution in [0, 0.1) is 6.92 Å². The van der Waals surface area contributed by atoms with Crippen molar-refractivity contribution < 1.29 is 16.8 Å². The van der Waals surface area contributed by atoms with Gasteiger partial charge in [-0.25, -0.2) is 21.6 Å². The van der Waals surface area contributed by atoms with Gasteiger partial charge in [0.15, 0.2) is 0 Å². The molecule has 0 heterocycles. The second kappa shape index (κ2) is 6.48. The molecule has 0 saturated carbocycles. The van der Waals surface area contributed by atoms with E-state index in [4.69, 9.17) is 11.6 Å². The topological polar surface area (TPSA) is 92.3 Å². The zero-order valence-electron chi connectivity index (χ0n) is 12.4. The SMILES string of the molecule is CNS(=O)(=O)c1ccc(S(=O)(=O)Nc2cccc(Cl)c2C)cc1. The number of rotatable bonds is 5. The van der Waals surface area contributed by atoms with Crippen molar-refractivity contribution in [1.29, 1.82) is 0 Å². The summed E-state index contributed by atoms with van der Waals surface area (Å²) in [4.78, 5) is -0.0650. The molecule has 0 atom stereocenters. The minimum absolute atomic E-state index is 0.0158. The minimum atomic E-state index is -3.85. The van der Waals surface area contributed by atoms with E-state index in [0.717, 1.165) is 0 Å². The van der Waals surface area contributed by atoms with Gasteiger partial charge in [-0.2, -0.15) is 0 Å². The summed E-state index contributed by atoms with van der Waals surface area (Å²) in [7, 11) is -6.18. The van der Waals surface area contributed by atoms with E-state index < -0.39 is 20.0 Å². The number of hydrogen-bond acceptors (Lipinski definition) is 4. The Morgan fingerprint density at radius 2 is 1.39 bits per heavy atom. The van der Waals surface area contributed by atoms with E-state index in [9.17, 15) is 16.8 Å². The van der Waals surface area contributed by atoms with Crippen molar-refractivity contribution in [2.24, 2.45) is 0 Å². The molecule has 0 saturated heterocycles. The van der Waals surface area contributed by atoms with Crippen molar-refractivity contribution in [3.8, 4) is 0 Å². The smallest absolute Gasteiger partial charge is 0.261 e. The highest BCUT2D eigenvalue weighted by molar-refractivity contribution is 7.92. The first-order chi connectivity index (χ1) is 10.7. The van der Waals surface area contributed by atoms with Gasteiger partial charge in [-0.05, 0) is 55.9 Å². The Morgan fingerprint density at radius 3 is 1.91 bits per heavy atom. The predicted octanol–water partition coefficient (Wildman–Crippen LogP) is 2.36. The lowest BCUT2D eigenvalue weighted by Gasteiger charge is -2.12. The van der Waals surface area contributed by atoms with Gasteiger partial charge in [0.05, 0.1) is 15.5 Å². The Hall–Kier alpha value is -1.61. The highest BCUT2D eigenvalue weighted by Crippen LogP contribution is 2.25. The molecular weight excluding hydrogens is 360 g/mol. The molecule has 9 heteroatoms. The van der Waals surface area contributed by atoms with E-state index in [2.05, 4.69) is 9.44 Å². The van der Waals surface area contributed by atoms with Crippen LogP contribution in [0.4, 0.5) is 5.69 Å². The molecule has 2 aromatic rings. The zero-order chi connectivity index (χ0) is 17.3. The molecule has 0 aliphatic carbocycles. The second-order valence-corrected chi connectivity index (χ2v) is 8.67. The van der Waals surface area contributed by atoms with Gasteiger partial charge in [-0.15, -0.1) is 0 Å². The van der Waals surface area contributed by atoms with Crippen LogP contribution in [0.2, 0.25) is 5.02 Å². The fourth-order valence-corrected chi connectivity index (χ4v) is 3.87. The van der Waals surface area contributed by atoms with Gasteiger partial charge in [0, 0.05) is 5.02 Å². The minimum Gasteiger partial charge on any atom is -0.279 e. The molecule has 2 N–H and O–H groups in total. The summed E-state index contributed by atoms with van der Waals surface area (Å²) >= 11 is 5.97. The lowest BCUT2D eigenvalue weighted by Crippen LogP contribution is -2.19. The second-order valence-electron chi connectivity index (χ2n) is 4.70. The molecule has 0 radical (unpaired) electrons. The fraction of sp³-hybridized carbons (Fsp3) is 0.143. The van der Waals surface area contributed by atoms with Crippen LogP contribution in [-0.4, -0.2) is 23.9 Å². The normalized spacial score (nSPS) is 12.1. The van der Waals surface area contributed by atoms with Crippen LogP contribution < -0.4 is 9.44 Å². The van der Waals surface area contributed by atoms with Gasteiger partial charge in [-0.1, -0.05) is 17.7 Å². The molecule has 0 amide bonds. The highest BCUT2D eigenvalue weighted by Gasteiger charge is 2.18. The molecule has 0 aliphatic rings. The first-order valence-electron chi connectivity index (χ1n) is 6.49. The number of sulfonamides is 2. The number of nitrogens with one attached hydrogen (secondary N) is 2. The average Bonchev–Trinajstić information content (AvgIpc) is 2.52. The van der Waals surface area contributed by atoms with Crippen LogP contribution in [0.25, 0.3) is 0 Å². The Bertz CT molecular complexity index is 924. The molecule has 0 aliphatic heterocycles. The average molecular weight is 375 g/mol. The maximum absolute atomic E-state index is 12.4. The van der Waals surface area contributed by atoms with Crippen LogP contribution in [0.1, 0.15) is 5.56 Å². The summed E-state index contributed by atoms with van der Waals surface area (Å²) in [6.45, 7) is 1.70. The van der Waals surface area contributed by atoms with Gasteiger partial charge in [0.25, 0.3) is 10.0 Å². The zero-order valence-corrected chi connectivity index (χ0v) is 14.8. The van der Waals surface area contributed by atoms with Gasteiger partial charge in [-0.3, -0.25) is 4.72 Å². The molecule has 0 aromatic heterocycles. The van der Waals surface area contributed by atoms with E-state index in [1.165, 1.54) is 31.3 Å². The monoisotopic (exact) mass is 374 g/mol. The van der Waals surface area contributed by atoms with Crippen molar-refractivity contribution >= 4 is 37.3 Å². The van der Waals surface area contributed by atoms with Crippen LogP contribution in [-0.2, 0) is 20.0 Å². The summed E-state index contributed by atoms with van der Waals surface area (Å²) in [5.41, 5.74) is 0.969. The summed E-state index contributed by atoms with van der Waals surface area (Å²) in [5, 5.41) is 0.445.